The first-order valence-electron chi connectivity index (χ1n) is 12.1. The molecule has 2 aromatic heterocycles. The van der Waals surface area contributed by atoms with Gasteiger partial charge in [-0.1, -0.05) is 24.0 Å². The molecule has 0 atom stereocenters. The summed E-state index contributed by atoms with van der Waals surface area (Å²) in [5.74, 6) is 5.58. The molecule has 0 radical (unpaired) electrons. The third kappa shape index (κ3) is 7.78. The molecule has 10 nitrogen and oxygen atoms in total. The van der Waals surface area contributed by atoms with E-state index in [1.165, 1.54) is 6.20 Å². The van der Waals surface area contributed by atoms with Gasteiger partial charge in [-0.15, -0.1) is 0 Å². The normalized spacial score (nSPS) is 11.2. The predicted molar refractivity (Wildman–Crippen MR) is 153 cm³/mol. The summed E-state index contributed by atoms with van der Waals surface area (Å²) < 4.78 is 30.3. The van der Waals surface area contributed by atoms with Crippen molar-refractivity contribution in [2.45, 2.75) is 26.4 Å². The summed E-state index contributed by atoms with van der Waals surface area (Å²) >= 11 is 0. The third-order valence-electron chi connectivity index (χ3n) is 5.25. The Kier molecular flexibility index (Phi) is 8.02. The number of benzene rings is 2. The van der Waals surface area contributed by atoms with Crippen LogP contribution in [0.4, 0.5) is 10.5 Å². The van der Waals surface area contributed by atoms with E-state index in [-0.39, 0.29) is 5.56 Å². The largest absolute Gasteiger partial charge is 0.443 e. The van der Waals surface area contributed by atoms with Crippen molar-refractivity contribution in [3.63, 3.8) is 0 Å². The molecule has 2 heterocycles. The Bertz CT molecular complexity index is 1730. The highest BCUT2D eigenvalue weighted by Gasteiger charge is 2.18. The second kappa shape index (κ2) is 11.4. The van der Waals surface area contributed by atoms with E-state index in [4.69, 9.17) is 4.74 Å². The molecule has 0 aliphatic carbocycles. The van der Waals surface area contributed by atoms with E-state index in [1.54, 1.807) is 63.4 Å². The lowest BCUT2D eigenvalue weighted by atomic mass is 10.0. The molecule has 0 aliphatic heterocycles. The van der Waals surface area contributed by atoms with Gasteiger partial charge in [-0.05, 0) is 69.3 Å². The quantitative estimate of drug-likeness (QED) is 0.252. The maximum absolute atomic E-state index is 13.0. The maximum atomic E-state index is 13.0. The van der Waals surface area contributed by atoms with E-state index in [9.17, 15) is 18.0 Å². The number of pyridine rings is 2. The van der Waals surface area contributed by atoms with Crippen LogP contribution in [0.2, 0.25) is 0 Å². The summed E-state index contributed by atoms with van der Waals surface area (Å²) in [4.78, 5) is 33.7. The number of hydrogen-bond donors (Lipinski definition) is 3. The molecular weight excluding hydrogens is 530 g/mol. The van der Waals surface area contributed by atoms with Crippen LogP contribution in [-0.2, 0) is 14.8 Å². The molecule has 2 aromatic carbocycles. The lowest BCUT2D eigenvalue weighted by molar-refractivity contribution is 0.0483. The Morgan fingerprint density at radius 1 is 0.900 bits per heavy atom. The van der Waals surface area contributed by atoms with Crippen LogP contribution in [0, 0.1) is 11.8 Å². The maximum Gasteiger partial charge on any atom is 0.426 e. The fourth-order valence-corrected chi connectivity index (χ4v) is 4.15. The first-order valence-corrected chi connectivity index (χ1v) is 14.0. The minimum atomic E-state index is -3.34. The van der Waals surface area contributed by atoms with Gasteiger partial charge >= 0.3 is 6.09 Å². The Hall–Kier alpha value is -4.95. The number of sulfonamides is 1. The number of carbonyl (C=O) groups is 2. The van der Waals surface area contributed by atoms with Crippen molar-refractivity contribution in [3.05, 3.63) is 89.7 Å². The van der Waals surface area contributed by atoms with Crippen LogP contribution in [0.3, 0.4) is 0 Å². The van der Waals surface area contributed by atoms with Crippen molar-refractivity contribution in [3.8, 4) is 23.1 Å². The van der Waals surface area contributed by atoms with Crippen molar-refractivity contribution in [2.24, 2.45) is 0 Å². The molecule has 3 N–H and O–H groups in total. The van der Waals surface area contributed by atoms with Gasteiger partial charge in [-0.3, -0.25) is 19.9 Å². The lowest BCUT2D eigenvalue weighted by Gasteiger charge is -2.19. The number of nitrogens with zero attached hydrogens (tertiary/aromatic N) is 2. The van der Waals surface area contributed by atoms with E-state index in [0.717, 1.165) is 22.9 Å². The Morgan fingerprint density at radius 3 is 2.12 bits per heavy atom. The lowest BCUT2D eigenvalue weighted by Crippen LogP contribution is -2.44. The van der Waals surface area contributed by atoms with Crippen molar-refractivity contribution in [1.29, 1.82) is 0 Å². The molecule has 2 amide bonds. The number of fused-ring (bicyclic) bond motifs is 1. The van der Waals surface area contributed by atoms with E-state index >= 15 is 0 Å². The van der Waals surface area contributed by atoms with E-state index < -0.39 is 27.6 Å². The minimum absolute atomic E-state index is 0.279. The zero-order chi connectivity index (χ0) is 28.9. The molecule has 0 fully saturated rings. The molecule has 40 heavy (non-hydrogen) atoms. The van der Waals surface area contributed by atoms with Crippen molar-refractivity contribution in [2.75, 3.05) is 11.0 Å². The number of aromatic nitrogens is 2. The highest BCUT2D eigenvalue weighted by Crippen LogP contribution is 2.25. The first-order chi connectivity index (χ1) is 18.9. The third-order valence-corrected chi connectivity index (χ3v) is 5.86. The van der Waals surface area contributed by atoms with Crippen LogP contribution in [0.25, 0.3) is 22.2 Å². The molecular formula is C29H27N5O5S. The number of ether oxygens (including phenoxy) is 1. The average Bonchev–Trinajstić information content (AvgIpc) is 2.89. The first kappa shape index (κ1) is 28.1. The Balaban J connectivity index is 1.54. The summed E-state index contributed by atoms with van der Waals surface area (Å²) in [6, 6.07) is 17.4. The molecule has 0 saturated carbocycles. The molecule has 4 aromatic rings. The Morgan fingerprint density at radius 2 is 1.52 bits per heavy atom. The molecule has 11 heteroatoms. The van der Waals surface area contributed by atoms with Gasteiger partial charge in [0.2, 0.25) is 10.0 Å². The van der Waals surface area contributed by atoms with Gasteiger partial charge in [0, 0.05) is 40.2 Å². The number of rotatable bonds is 4. The zero-order valence-electron chi connectivity index (χ0n) is 22.3. The molecule has 0 bridgehead atoms. The second-order valence-electron chi connectivity index (χ2n) is 9.81. The number of amides is 2. The number of nitrogens with one attached hydrogen (secondary N) is 3. The van der Waals surface area contributed by atoms with Gasteiger partial charge in [0.1, 0.15) is 5.60 Å². The van der Waals surface area contributed by atoms with Crippen molar-refractivity contribution >= 4 is 38.6 Å². The topological polar surface area (TPSA) is 139 Å². The van der Waals surface area contributed by atoms with Crippen LogP contribution in [0.15, 0.2) is 73.1 Å². The van der Waals surface area contributed by atoms with Gasteiger partial charge in [-0.2, -0.15) is 0 Å². The highest BCUT2D eigenvalue weighted by atomic mass is 32.2. The molecule has 0 unspecified atom stereocenters. The summed E-state index contributed by atoms with van der Waals surface area (Å²) in [6.45, 7) is 5.16. The molecule has 0 spiro atoms. The van der Waals surface area contributed by atoms with E-state index in [2.05, 4.69) is 37.4 Å². The van der Waals surface area contributed by atoms with Crippen LogP contribution < -0.4 is 15.6 Å². The Labute approximate surface area is 232 Å². The van der Waals surface area contributed by atoms with Gasteiger partial charge in [-0.25, -0.2) is 23.6 Å². The highest BCUT2D eigenvalue weighted by molar-refractivity contribution is 7.92. The molecule has 4 rings (SSSR count). The minimum Gasteiger partial charge on any atom is -0.443 e. The monoisotopic (exact) mass is 557 g/mol. The van der Waals surface area contributed by atoms with Crippen LogP contribution in [0.5, 0.6) is 0 Å². The molecule has 0 saturated heterocycles. The van der Waals surface area contributed by atoms with E-state index in [0.29, 0.717) is 22.3 Å². The van der Waals surface area contributed by atoms with Crippen LogP contribution >= 0.6 is 0 Å². The smallest absolute Gasteiger partial charge is 0.426 e. The second-order valence-corrected chi connectivity index (χ2v) is 11.6. The number of hydrazine groups is 1. The molecule has 204 valence electrons. The summed E-state index contributed by atoms with van der Waals surface area (Å²) in [7, 11) is -3.34. The molecule has 0 aliphatic rings. The van der Waals surface area contributed by atoms with E-state index in [1.807, 2.05) is 24.3 Å². The van der Waals surface area contributed by atoms with Gasteiger partial charge in [0.25, 0.3) is 5.91 Å². The van der Waals surface area contributed by atoms with Crippen molar-refractivity contribution in [1.82, 2.24) is 20.8 Å². The number of hydrogen-bond acceptors (Lipinski definition) is 7. The van der Waals surface area contributed by atoms with Gasteiger partial charge in [0.15, 0.2) is 0 Å². The standard InChI is InChI=1S/C29H27N5O5S/c1-29(2,3)39-28(36)33-32-27(35)23-17-26(31-25-15-16-30-18-24(23)25)21-11-7-19(8-12-21)5-6-20-9-13-22(14-10-20)34-40(4,37)38/h7-18,34H,1-4H3,(H,32,35)(H,33,36). The van der Waals surface area contributed by atoms with Crippen LogP contribution in [-0.4, -0.2) is 42.2 Å². The van der Waals surface area contributed by atoms with Gasteiger partial charge < -0.3 is 4.74 Å². The summed E-state index contributed by atoms with van der Waals surface area (Å²) in [6.07, 6.45) is 3.43. The number of anilines is 1. The van der Waals surface area contributed by atoms with Crippen molar-refractivity contribution < 1.29 is 22.7 Å². The average molecular weight is 558 g/mol. The SMILES string of the molecule is CC(C)(C)OC(=O)NNC(=O)c1cc(-c2ccc(C#Cc3ccc(NS(C)(=O)=O)cc3)cc2)nc2ccncc12. The fourth-order valence-electron chi connectivity index (χ4n) is 3.59. The summed E-state index contributed by atoms with van der Waals surface area (Å²) in [5.41, 5.74) is 8.02. The van der Waals surface area contributed by atoms with Crippen LogP contribution in [0.1, 0.15) is 42.3 Å². The fraction of sp³-hybridized carbons (Fsp3) is 0.172. The number of carbonyl (C=O) groups excluding carboxylic acids is 2. The zero-order valence-corrected chi connectivity index (χ0v) is 23.1. The van der Waals surface area contributed by atoms with Gasteiger partial charge in [0.05, 0.1) is 23.0 Å². The summed E-state index contributed by atoms with van der Waals surface area (Å²) in [5, 5.41) is 0.523. The predicted octanol–water partition coefficient (Wildman–Crippen LogP) is 4.24.